The van der Waals surface area contributed by atoms with Crippen molar-refractivity contribution in [3.05, 3.63) is 33.3 Å². The molecule has 0 unspecified atom stereocenters. The molecule has 0 aromatic carbocycles. The summed E-state index contributed by atoms with van der Waals surface area (Å²) in [5.74, 6) is 0. The second kappa shape index (κ2) is 4.44. The van der Waals surface area contributed by atoms with E-state index in [1.807, 2.05) is 12.3 Å². The third kappa shape index (κ3) is 2.56. The third-order valence-corrected chi connectivity index (χ3v) is 3.38. The van der Waals surface area contributed by atoms with Gasteiger partial charge in [-0.25, -0.2) is 0 Å². The van der Waals surface area contributed by atoms with Crippen molar-refractivity contribution in [3.8, 4) is 0 Å². The molecule has 0 amide bonds. The van der Waals surface area contributed by atoms with Gasteiger partial charge in [0.05, 0.1) is 4.92 Å². The summed E-state index contributed by atoms with van der Waals surface area (Å²) in [6, 6.07) is 3.34. The van der Waals surface area contributed by atoms with Crippen LogP contribution in [0.4, 0.5) is 5.00 Å². The molecule has 5 heteroatoms. The lowest BCUT2D eigenvalue weighted by Gasteiger charge is -2.09. The van der Waals surface area contributed by atoms with Gasteiger partial charge in [-0.15, -0.1) is 0 Å². The fraction of sp³-hybridized carbons (Fsp3) is 0.400. The fourth-order valence-corrected chi connectivity index (χ4v) is 2.32. The van der Waals surface area contributed by atoms with Crippen LogP contribution in [0.5, 0.6) is 0 Å². The first-order valence-electron chi connectivity index (χ1n) is 4.92. The third-order valence-electron chi connectivity index (χ3n) is 2.38. The van der Waals surface area contributed by atoms with Gasteiger partial charge in [0.1, 0.15) is 0 Å². The van der Waals surface area contributed by atoms with Gasteiger partial charge in [-0.2, -0.15) is 0 Å². The summed E-state index contributed by atoms with van der Waals surface area (Å²) in [5.41, 5.74) is 0. The summed E-state index contributed by atoms with van der Waals surface area (Å²) in [6.45, 7) is 2.20. The fourth-order valence-electron chi connectivity index (χ4n) is 1.60. The maximum absolute atomic E-state index is 10.5. The highest BCUT2D eigenvalue weighted by molar-refractivity contribution is 7.16. The van der Waals surface area contributed by atoms with E-state index >= 15 is 0 Å². The molecule has 2 rings (SSSR count). The van der Waals surface area contributed by atoms with Gasteiger partial charge >= 0.3 is 5.00 Å². The molecule has 4 nitrogen and oxygen atoms in total. The second-order valence-electron chi connectivity index (χ2n) is 3.49. The SMILES string of the molecule is O=[N+]([O-])c1ccc(/C=C/N2CCCC2)s1. The molecule has 0 aliphatic carbocycles. The Bertz CT molecular complexity index is 381. The molecule has 15 heavy (non-hydrogen) atoms. The molecular formula is C10H12N2O2S. The topological polar surface area (TPSA) is 46.4 Å². The van der Waals surface area contributed by atoms with Crippen LogP contribution in [0.2, 0.25) is 0 Å². The Morgan fingerprint density at radius 3 is 2.73 bits per heavy atom. The van der Waals surface area contributed by atoms with Crippen LogP contribution in [-0.2, 0) is 0 Å². The largest absolute Gasteiger partial charge is 0.377 e. The molecule has 1 aliphatic rings. The van der Waals surface area contributed by atoms with Gasteiger partial charge in [-0.05, 0) is 25.0 Å². The van der Waals surface area contributed by atoms with Crippen LogP contribution in [0, 0.1) is 10.1 Å². The molecule has 0 saturated carbocycles. The van der Waals surface area contributed by atoms with E-state index in [1.165, 1.54) is 24.2 Å². The van der Waals surface area contributed by atoms with Gasteiger partial charge < -0.3 is 4.90 Å². The van der Waals surface area contributed by atoms with E-state index in [0.29, 0.717) is 0 Å². The molecule has 1 aromatic rings. The summed E-state index contributed by atoms with van der Waals surface area (Å²) < 4.78 is 0. The Hall–Kier alpha value is -1.36. The van der Waals surface area contributed by atoms with E-state index in [1.54, 1.807) is 12.1 Å². The van der Waals surface area contributed by atoms with Gasteiger partial charge in [0.15, 0.2) is 0 Å². The summed E-state index contributed by atoms with van der Waals surface area (Å²) in [7, 11) is 0. The number of hydrogen-bond donors (Lipinski definition) is 0. The van der Waals surface area contributed by atoms with E-state index in [-0.39, 0.29) is 9.92 Å². The van der Waals surface area contributed by atoms with Crippen LogP contribution < -0.4 is 0 Å². The summed E-state index contributed by atoms with van der Waals surface area (Å²) in [4.78, 5) is 13.3. The Kier molecular flexibility index (Phi) is 3.01. The van der Waals surface area contributed by atoms with Gasteiger partial charge in [-0.3, -0.25) is 10.1 Å². The molecule has 0 spiro atoms. The van der Waals surface area contributed by atoms with Gasteiger partial charge in [0.2, 0.25) is 0 Å². The van der Waals surface area contributed by atoms with Crippen molar-refractivity contribution in [2.75, 3.05) is 13.1 Å². The van der Waals surface area contributed by atoms with Gasteiger partial charge in [0.25, 0.3) is 0 Å². The molecule has 1 fully saturated rings. The highest BCUT2D eigenvalue weighted by atomic mass is 32.1. The standard InChI is InChI=1S/C10H12N2O2S/c13-12(14)10-4-3-9(15-10)5-8-11-6-1-2-7-11/h3-5,8H,1-2,6-7H2/b8-5+. The van der Waals surface area contributed by atoms with E-state index in [9.17, 15) is 10.1 Å². The molecule has 80 valence electrons. The molecule has 1 aliphatic heterocycles. The zero-order valence-electron chi connectivity index (χ0n) is 8.26. The van der Waals surface area contributed by atoms with E-state index in [4.69, 9.17) is 0 Å². The first-order chi connectivity index (χ1) is 7.25. The highest BCUT2D eigenvalue weighted by Crippen LogP contribution is 2.25. The van der Waals surface area contributed by atoms with Crippen LogP contribution in [0.3, 0.4) is 0 Å². The normalized spacial score (nSPS) is 16.4. The second-order valence-corrected chi connectivity index (χ2v) is 4.59. The number of thiophene rings is 1. The average Bonchev–Trinajstić information content (AvgIpc) is 2.86. The maximum atomic E-state index is 10.5. The summed E-state index contributed by atoms with van der Waals surface area (Å²) >= 11 is 1.21. The number of rotatable bonds is 3. The Morgan fingerprint density at radius 1 is 1.40 bits per heavy atom. The van der Waals surface area contributed by atoms with Crippen LogP contribution in [-0.4, -0.2) is 22.9 Å². The van der Waals surface area contributed by atoms with E-state index in [2.05, 4.69) is 4.90 Å². The zero-order valence-corrected chi connectivity index (χ0v) is 9.07. The van der Waals surface area contributed by atoms with Crippen molar-refractivity contribution in [1.29, 1.82) is 0 Å². The minimum Gasteiger partial charge on any atom is -0.377 e. The van der Waals surface area contributed by atoms with Crippen LogP contribution in [0.25, 0.3) is 6.08 Å². The minimum atomic E-state index is -0.349. The monoisotopic (exact) mass is 224 g/mol. The molecule has 0 radical (unpaired) electrons. The lowest BCUT2D eigenvalue weighted by Crippen LogP contribution is -2.09. The van der Waals surface area contributed by atoms with Crippen molar-refractivity contribution in [2.45, 2.75) is 12.8 Å². The van der Waals surface area contributed by atoms with E-state index < -0.39 is 0 Å². The van der Waals surface area contributed by atoms with Crippen LogP contribution in [0.15, 0.2) is 18.3 Å². The van der Waals surface area contributed by atoms with Gasteiger partial charge in [0, 0.05) is 30.2 Å². The van der Waals surface area contributed by atoms with Crippen molar-refractivity contribution in [3.63, 3.8) is 0 Å². The zero-order chi connectivity index (χ0) is 10.7. The molecule has 1 aromatic heterocycles. The molecule has 0 N–H and O–H groups in total. The first kappa shape index (κ1) is 10.2. The first-order valence-corrected chi connectivity index (χ1v) is 5.74. The minimum absolute atomic E-state index is 0.205. The van der Waals surface area contributed by atoms with Crippen molar-refractivity contribution < 1.29 is 4.92 Å². The number of nitrogens with zero attached hydrogens (tertiary/aromatic N) is 2. The Balaban J connectivity index is 2.00. The summed E-state index contributed by atoms with van der Waals surface area (Å²) in [5, 5.41) is 10.7. The highest BCUT2D eigenvalue weighted by Gasteiger charge is 2.09. The molecule has 0 atom stereocenters. The Morgan fingerprint density at radius 2 is 2.13 bits per heavy atom. The Labute approximate surface area is 92.0 Å². The number of likely N-dealkylation sites (tertiary alicyclic amines) is 1. The summed E-state index contributed by atoms with van der Waals surface area (Å²) in [6.07, 6.45) is 6.47. The molecule has 0 bridgehead atoms. The van der Waals surface area contributed by atoms with Crippen LogP contribution >= 0.6 is 11.3 Å². The van der Waals surface area contributed by atoms with Crippen molar-refractivity contribution in [1.82, 2.24) is 4.90 Å². The van der Waals surface area contributed by atoms with Crippen molar-refractivity contribution in [2.24, 2.45) is 0 Å². The predicted octanol–water partition coefficient (Wildman–Crippen LogP) is 2.72. The lowest BCUT2D eigenvalue weighted by atomic mass is 10.4. The van der Waals surface area contributed by atoms with Crippen LogP contribution in [0.1, 0.15) is 17.7 Å². The van der Waals surface area contributed by atoms with Gasteiger partial charge in [-0.1, -0.05) is 11.3 Å². The van der Waals surface area contributed by atoms with E-state index in [0.717, 1.165) is 18.0 Å². The van der Waals surface area contributed by atoms with Crippen molar-refractivity contribution >= 4 is 22.4 Å². The lowest BCUT2D eigenvalue weighted by molar-refractivity contribution is -0.380. The quantitative estimate of drug-likeness (QED) is 0.585. The molecule has 2 heterocycles. The maximum Gasteiger partial charge on any atom is 0.324 e. The molecule has 1 saturated heterocycles. The molecular weight excluding hydrogens is 212 g/mol. The number of hydrogen-bond acceptors (Lipinski definition) is 4. The predicted molar refractivity (Wildman–Crippen MR) is 60.8 cm³/mol. The number of nitro groups is 1. The average molecular weight is 224 g/mol. The smallest absolute Gasteiger partial charge is 0.324 e.